The van der Waals surface area contributed by atoms with Crippen molar-refractivity contribution in [3.63, 3.8) is 0 Å². The molecule has 0 radical (unpaired) electrons. The Hall–Kier alpha value is 0.0969. The average molecular weight is 286 g/mol. The van der Waals surface area contributed by atoms with Crippen molar-refractivity contribution in [2.75, 3.05) is 6.61 Å². The van der Waals surface area contributed by atoms with E-state index in [1.807, 2.05) is 0 Å². The first kappa shape index (κ1) is 15.5. The van der Waals surface area contributed by atoms with Crippen molar-refractivity contribution in [2.45, 2.75) is 82.9 Å². The quantitative estimate of drug-likeness (QED) is 0.809. The summed E-state index contributed by atoms with van der Waals surface area (Å²) >= 11 is 0. The van der Waals surface area contributed by atoms with E-state index in [9.17, 15) is 5.11 Å². The lowest BCUT2D eigenvalue weighted by atomic mass is 9.93. The third-order valence-corrected chi connectivity index (χ3v) is 9.73. The highest BCUT2D eigenvalue weighted by Crippen LogP contribution is 2.58. The molecule has 19 heavy (non-hydrogen) atoms. The first-order chi connectivity index (χ1) is 8.43. The lowest BCUT2D eigenvalue weighted by molar-refractivity contribution is -0.164. The molecule has 4 heteroatoms. The molecular weight excluding hydrogens is 256 g/mol. The van der Waals surface area contributed by atoms with Crippen LogP contribution in [0.25, 0.3) is 0 Å². The Bertz CT molecular complexity index is 359. The summed E-state index contributed by atoms with van der Waals surface area (Å²) < 4.78 is 12.7. The molecule has 2 fully saturated rings. The van der Waals surface area contributed by atoms with Gasteiger partial charge in [0.1, 0.15) is 0 Å². The molecule has 1 aliphatic carbocycles. The highest BCUT2D eigenvalue weighted by molar-refractivity contribution is 6.74. The molecule has 3 nitrogen and oxygen atoms in total. The van der Waals surface area contributed by atoms with Crippen LogP contribution >= 0.6 is 0 Å². The van der Waals surface area contributed by atoms with Gasteiger partial charge in [0.05, 0.1) is 23.9 Å². The first-order valence-electron chi connectivity index (χ1n) is 7.41. The SMILES string of the molecule is CC1(C)C[C@H](O[Si](C)(C)C(C)(C)C)[C@@H]2C[C@]2(CO)O1. The molecule has 1 N–H and O–H groups in total. The third kappa shape index (κ3) is 2.78. The molecule has 1 aliphatic heterocycles. The Balaban J connectivity index is 2.13. The van der Waals surface area contributed by atoms with Crippen molar-refractivity contribution in [2.24, 2.45) is 5.92 Å². The van der Waals surface area contributed by atoms with Crippen LogP contribution in [0.5, 0.6) is 0 Å². The molecule has 1 heterocycles. The van der Waals surface area contributed by atoms with E-state index in [-0.39, 0.29) is 29.0 Å². The van der Waals surface area contributed by atoms with Crippen molar-refractivity contribution in [3.8, 4) is 0 Å². The maximum absolute atomic E-state index is 9.63. The molecule has 0 unspecified atom stereocenters. The fourth-order valence-corrected chi connectivity index (χ4v) is 4.37. The van der Waals surface area contributed by atoms with Gasteiger partial charge in [0.15, 0.2) is 8.32 Å². The van der Waals surface area contributed by atoms with Crippen LogP contribution in [-0.2, 0) is 9.16 Å². The van der Waals surface area contributed by atoms with Crippen LogP contribution in [0, 0.1) is 5.92 Å². The number of aliphatic hydroxyl groups is 1. The van der Waals surface area contributed by atoms with Gasteiger partial charge in [0.25, 0.3) is 0 Å². The second-order valence-corrected chi connectivity index (χ2v) is 13.3. The molecule has 0 spiro atoms. The molecule has 3 atom stereocenters. The highest BCUT2D eigenvalue weighted by Gasteiger charge is 2.65. The van der Waals surface area contributed by atoms with Gasteiger partial charge in [-0.3, -0.25) is 0 Å². The molecule has 0 aromatic heterocycles. The van der Waals surface area contributed by atoms with E-state index in [4.69, 9.17) is 9.16 Å². The summed E-state index contributed by atoms with van der Waals surface area (Å²) in [6.45, 7) is 15.8. The van der Waals surface area contributed by atoms with E-state index in [0.717, 1.165) is 12.8 Å². The second kappa shape index (κ2) is 4.29. The number of aliphatic hydroxyl groups excluding tert-OH is 1. The third-order valence-electron chi connectivity index (χ3n) is 5.22. The fourth-order valence-electron chi connectivity index (χ4n) is 3.01. The summed E-state index contributed by atoms with van der Waals surface area (Å²) in [5.74, 6) is 0.389. The Labute approximate surface area is 118 Å². The molecular formula is C15H30O3Si. The van der Waals surface area contributed by atoms with E-state index in [0.29, 0.717) is 5.92 Å². The zero-order valence-electron chi connectivity index (χ0n) is 13.5. The molecule has 112 valence electrons. The minimum Gasteiger partial charge on any atom is -0.413 e. The average Bonchev–Trinajstić information content (AvgIpc) is 2.89. The van der Waals surface area contributed by atoms with Crippen LogP contribution in [0.4, 0.5) is 0 Å². The van der Waals surface area contributed by atoms with Gasteiger partial charge < -0.3 is 14.3 Å². The van der Waals surface area contributed by atoms with Gasteiger partial charge in [-0.25, -0.2) is 0 Å². The summed E-state index contributed by atoms with van der Waals surface area (Å²) in [5.41, 5.74) is -0.502. The topological polar surface area (TPSA) is 38.7 Å². The van der Waals surface area contributed by atoms with Crippen molar-refractivity contribution < 1.29 is 14.3 Å². The number of hydrogen-bond donors (Lipinski definition) is 1. The normalized spacial score (nSPS) is 37.9. The number of rotatable bonds is 3. The summed E-state index contributed by atoms with van der Waals surface area (Å²) in [6, 6.07) is 0. The van der Waals surface area contributed by atoms with Crippen molar-refractivity contribution in [1.82, 2.24) is 0 Å². The minimum absolute atomic E-state index is 0.123. The lowest BCUT2D eigenvalue weighted by Gasteiger charge is -2.45. The van der Waals surface area contributed by atoms with E-state index < -0.39 is 8.32 Å². The second-order valence-electron chi connectivity index (χ2n) is 8.52. The maximum Gasteiger partial charge on any atom is 0.192 e. The minimum atomic E-state index is -1.75. The van der Waals surface area contributed by atoms with Crippen LogP contribution in [0.15, 0.2) is 0 Å². The van der Waals surface area contributed by atoms with Gasteiger partial charge >= 0.3 is 0 Å². The van der Waals surface area contributed by atoms with Gasteiger partial charge in [-0.15, -0.1) is 0 Å². The standard InChI is InChI=1S/C15H30O3Si/c1-13(2,3)19(6,7)17-12-9-14(4,5)18-15(10-16)8-11(12)15/h11-12,16H,8-10H2,1-7H3/t11-,12-,15+/m0/s1. The number of fused-ring (bicyclic) bond motifs is 1. The number of ether oxygens (including phenoxy) is 1. The van der Waals surface area contributed by atoms with Crippen LogP contribution in [-0.4, -0.2) is 37.3 Å². The highest BCUT2D eigenvalue weighted by atomic mass is 28.4. The van der Waals surface area contributed by atoms with Crippen LogP contribution in [0.3, 0.4) is 0 Å². The fraction of sp³-hybridized carbons (Fsp3) is 1.00. The summed E-state index contributed by atoms with van der Waals surface area (Å²) in [5, 5.41) is 9.86. The molecule has 0 aromatic rings. The molecule has 2 rings (SSSR count). The molecule has 0 amide bonds. The first-order valence-corrected chi connectivity index (χ1v) is 10.3. The monoisotopic (exact) mass is 286 g/mol. The van der Waals surface area contributed by atoms with Gasteiger partial charge in [-0.1, -0.05) is 20.8 Å². The molecule has 0 bridgehead atoms. The molecule has 1 saturated carbocycles. The predicted octanol–water partition coefficient (Wildman–Crippen LogP) is 3.33. The zero-order chi connectivity index (χ0) is 14.7. The van der Waals surface area contributed by atoms with Gasteiger partial charge in [0.2, 0.25) is 0 Å². The van der Waals surface area contributed by atoms with Gasteiger partial charge in [0, 0.05) is 12.3 Å². The zero-order valence-corrected chi connectivity index (χ0v) is 14.5. The predicted molar refractivity (Wildman–Crippen MR) is 79.8 cm³/mol. The number of hydrogen-bond acceptors (Lipinski definition) is 3. The van der Waals surface area contributed by atoms with Crippen molar-refractivity contribution in [1.29, 1.82) is 0 Å². The lowest BCUT2D eigenvalue weighted by Crippen LogP contribution is -2.51. The summed E-state index contributed by atoms with van der Waals surface area (Å²) in [6.07, 6.45) is 2.13. The Morgan fingerprint density at radius 1 is 1.26 bits per heavy atom. The van der Waals surface area contributed by atoms with E-state index in [1.165, 1.54) is 0 Å². The summed E-state index contributed by atoms with van der Waals surface area (Å²) in [4.78, 5) is 0. The van der Waals surface area contributed by atoms with E-state index in [2.05, 4.69) is 47.7 Å². The Kier molecular flexibility index (Phi) is 3.50. The van der Waals surface area contributed by atoms with Crippen LogP contribution < -0.4 is 0 Å². The van der Waals surface area contributed by atoms with E-state index >= 15 is 0 Å². The molecule has 2 aliphatic rings. The van der Waals surface area contributed by atoms with Crippen molar-refractivity contribution >= 4 is 8.32 Å². The van der Waals surface area contributed by atoms with E-state index in [1.54, 1.807) is 0 Å². The van der Waals surface area contributed by atoms with Gasteiger partial charge in [-0.05, 0) is 38.4 Å². The Morgan fingerprint density at radius 3 is 2.32 bits per heavy atom. The maximum atomic E-state index is 9.63. The van der Waals surface area contributed by atoms with Crippen LogP contribution in [0.2, 0.25) is 18.1 Å². The largest absolute Gasteiger partial charge is 0.413 e. The smallest absolute Gasteiger partial charge is 0.192 e. The Morgan fingerprint density at radius 2 is 1.84 bits per heavy atom. The van der Waals surface area contributed by atoms with Crippen LogP contribution in [0.1, 0.15) is 47.5 Å². The molecule has 1 saturated heterocycles. The molecule has 0 aromatic carbocycles. The van der Waals surface area contributed by atoms with Crippen molar-refractivity contribution in [3.05, 3.63) is 0 Å². The van der Waals surface area contributed by atoms with Gasteiger partial charge in [-0.2, -0.15) is 0 Å². The summed E-state index contributed by atoms with van der Waals surface area (Å²) in [7, 11) is -1.75.